The van der Waals surface area contributed by atoms with Gasteiger partial charge in [0.05, 0.1) is 36.9 Å². The molecule has 10 nitrogen and oxygen atoms in total. The molecule has 1 amide bonds. The van der Waals surface area contributed by atoms with Crippen LogP contribution in [0.25, 0.3) is 0 Å². The second-order valence-electron chi connectivity index (χ2n) is 9.28. The first-order valence-electron chi connectivity index (χ1n) is 11.9. The summed E-state index contributed by atoms with van der Waals surface area (Å²) in [6, 6.07) is 3.65. The average Bonchev–Trinajstić information content (AvgIpc) is 3.31. The normalized spacial score (nSPS) is 20.9. The van der Waals surface area contributed by atoms with Crippen molar-refractivity contribution in [2.45, 2.75) is 37.3 Å². The molecule has 5 rings (SSSR count). The number of hydrogen-bond donors (Lipinski definition) is 0. The molecular weight excluding hydrogens is 472 g/mol. The second kappa shape index (κ2) is 9.62. The number of likely N-dealkylation sites (tertiary alicyclic amines) is 1. The quantitative estimate of drug-likeness (QED) is 0.607. The molecule has 2 aromatic rings. The summed E-state index contributed by atoms with van der Waals surface area (Å²) in [5.74, 6) is 1.32. The molecule has 5 heterocycles. The van der Waals surface area contributed by atoms with Crippen molar-refractivity contribution >= 4 is 27.1 Å². The largest absolute Gasteiger partial charge is 0.488 e. The van der Waals surface area contributed by atoms with Gasteiger partial charge in [-0.1, -0.05) is 0 Å². The van der Waals surface area contributed by atoms with Crippen molar-refractivity contribution in [2.75, 3.05) is 50.6 Å². The fourth-order valence-corrected chi connectivity index (χ4v) is 5.81. The molecule has 0 bridgehead atoms. The Balaban J connectivity index is 1.31. The Bertz CT molecular complexity index is 1210. The Hall–Kier alpha value is -2.92. The summed E-state index contributed by atoms with van der Waals surface area (Å²) in [5, 5.41) is 0.0783. The maximum absolute atomic E-state index is 12.8. The molecule has 2 saturated heterocycles. The van der Waals surface area contributed by atoms with Crippen molar-refractivity contribution in [1.29, 1.82) is 0 Å². The lowest BCUT2D eigenvalue weighted by Crippen LogP contribution is -2.38. The molecule has 35 heavy (non-hydrogen) atoms. The van der Waals surface area contributed by atoms with E-state index in [1.165, 1.54) is 0 Å². The number of fused-ring (bicyclic) bond motifs is 1. The summed E-state index contributed by atoms with van der Waals surface area (Å²) in [5.41, 5.74) is 2.14. The van der Waals surface area contributed by atoms with Gasteiger partial charge in [0.2, 0.25) is 11.8 Å². The Morgan fingerprint density at radius 3 is 2.63 bits per heavy atom. The number of hydrogen-bond acceptors (Lipinski definition) is 9. The Labute approximate surface area is 205 Å². The third-order valence-corrected chi connectivity index (χ3v) is 7.81. The maximum Gasteiger partial charge on any atom is 0.225 e. The van der Waals surface area contributed by atoms with Gasteiger partial charge in [0.1, 0.15) is 12.7 Å². The van der Waals surface area contributed by atoms with Crippen LogP contribution < -0.4 is 14.4 Å². The highest BCUT2D eigenvalue weighted by molar-refractivity contribution is 7.90. The summed E-state index contributed by atoms with van der Waals surface area (Å²) < 4.78 is 41.2. The van der Waals surface area contributed by atoms with E-state index in [4.69, 9.17) is 14.2 Å². The van der Waals surface area contributed by atoms with E-state index < -0.39 is 9.84 Å². The van der Waals surface area contributed by atoms with Crippen LogP contribution in [0.5, 0.6) is 11.6 Å². The van der Waals surface area contributed by atoms with Crippen molar-refractivity contribution in [3.63, 3.8) is 0 Å². The van der Waals surface area contributed by atoms with Crippen LogP contribution in [-0.2, 0) is 19.4 Å². The van der Waals surface area contributed by atoms with Crippen LogP contribution in [0.1, 0.15) is 24.8 Å². The van der Waals surface area contributed by atoms with E-state index in [0.717, 1.165) is 36.9 Å². The summed E-state index contributed by atoms with van der Waals surface area (Å²) in [4.78, 5) is 25.4. The molecule has 1 atom stereocenters. The number of carbonyl (C=O) groups excluding carboxylic acids is 1. The van der Waals surface area contributed by atoms with Crippen LogP contribution in [0, 0.1) is 12.8 Å². The first kappa shape index (κ1) is 23.8. The molecule has 0 radical (unpaired) electrons. The predicted molar refractivity (Wildman–Crippen MR) is 128 cm³/mol. The van der Waals surface area contributed by atoms with Gasteiger partial charge >= 0.3 is 0 Å². The highest BCUT2D eigenvalue weighted by Gasteiger charge is 2.33. The van der Waals surface area contributed by atoms with Crippen LogP contribution in [0.3, 0.4) is 0 Å². The first-order chi connectivity index (χ1) is 16.8. The molecule has 3 aliphatic heterocycles. The van der Waals surface area contributed by atoms with Crippen molar-refractivity contribution in [1.82, 2.24) is 14.9 Å². The zero-order valence-electron chi connectivity index (χ0n) is 20.0. The van der Waals surface area contributed by atoms with E-state index in [1.54, 1.807) is 19.3 Å². The fourth-order valence-electron chi connectivity index (χ4n) is 4.92. The third-order valence-electron chi connectivity index (χ3n) is 6.68. The predicted octanol–water partition coefficient (Wildman–Crippen LogP) is 2.13. The molecule has 2 aromatic heterocycles. The SMILES string of the molecule is Cc1cc(N2CCOc3cnc(OC4CCN(C(=O)C5CCOCC5)C4)cc32)cnc1S(C)(=O)=O. The standard InChI is InChI=1S/C24H30N4O6S/c1-16-11-18(13-26-23(16)35(2,30)31)28-7-10-33-21-14-25-22(12-20(21)28)34-19-3-6-27(15-19)24(29)17-4-8-32-9-5-17/h11-14,17,19H,3-10,15H2,1-2H3. The van der Waals surface area contributed by atoms with Gasteiger partial charge in [-0.05, 0) is 31.4 Å². The Morgan fingerprint density at radius 1 is 1.09 bits per heavy atom. The van der Waals surface area contributed by atoms with Gasteiger partial charge in [-0.3, -0.25) is 4.79 Å². The number of nitrogens with zero attached hydrogens (tertiary/aromatic N) is 4. The number of rotatable bonds is 5. The van der Waals surface area contributed by atoms with E-state index in [2.05, 4.69) is 9.97 Å². The maximum atomic E-state index is 12.8. The minimum absolute atomic E-state index is 0.0428. The zero-order chi connectivity index (χ0) is 24.6. The van der Waals surface area contributed by atoms with E-state index in [1.807, 2.05) is 21.9 Å². The van der Waals surface area contributed by atoms with Crippen molar-refractivity contribution in [3.8, 4) is 11.6 Å². The van der Waals surface area contributed by atoms with Gasteiger partial charge < -0.3 is 24.0 Å². The molecular formula is C24H30N4O6S. The minimum Gasteiger partial charge on any atom is -0.488 e. The lowest BCUT2D eigenvalue weighted by molar-refractivity contribution is -0.137. The number of aryl methyl sites for hydroxylation is 1. The van der Waals surface area contributed by atoms with Gasteiger partial charge in [-0.15, -0.1) is 0 Å². The molecule has 0 spiro atoms. The van der Waals surface area contributed by atoms with Crippen LogP contribution in [0.4, 0.5) is 11.4 Å². The monoisotopic (exact) mass is 502 g/mol. The summed E-state index contributed by atoms with van der Waals surface area (Å²) in [6.45, 7) is 5.30. The molecule has 0 aromatic carbocycles. The molecule has 2 fully saturated rings. The number of pyridine rings is 2. The van der Waals surface area contributed by atoms with Crippen LogP contribution in [0.15, 0.2) is 29.6 Å². The van der Waals surface area contributed by atoms with Gasteiger partial charge in [0.15, 0.2) is 20.6 Å². The lowest BCUT2D eigenvalue weighted by atomic mass is 9.99. The van der Waals surface area contributed by atoms with Gasteiger partial charge in [0, 0.05) is 44.4 Å². The zero-order valence-corrected chi connectivity index (χ0v) is 20.8. The molecule has 0 N–H and O–H groups in total. The molecule has 0 saturated carbocycles. The number of anilines is 2. The van der Waals surface area contributed by atoms with E-state index in [0.29, 0.717) is 56.6 Å². The van der Waals surface area contributed by atoms with Crippen LogP contribution in [0.2, 0.25) is 0 Å². The first-order valence-corrected chi connectivity index (χ1v) is 13.8. The number of amides is 1. The van der Waals surface area contributed by atoms with E-state index in [9.17, 15) is 13.2 Å². The summed E-state index contributed by atoms with van der Waals surface area (Å²) in [7, 11) is -3.40. The highest BCUT2D eigenvalue weighted by atomic mass is 32.2. The Morgan fingerprint density at radius 2 is 1.89 bits per heavy atom. The van der Waals surface area contributed by atoms with Crippen molar-refractivity contribution in [3.05, 3.63) is 30.1 Å². The van der Waals surface area contributed by atoms with E-state index >= 15 is 0 Å². The summed E-state index contributed by atoms with van der Waals surface area (Å²) >= 11 is 0. The Kier molecular flexibility index (Phi) is 6.54. The molecule has 3 aliphatic rings. The molecule has 0 aliphatic carbocycles. The minimum atomic E-state index is -3.40. The van der Waals surface area contributed by atoms with Crippen molar-refractivity contribution in [2.24, 2.45) is 5.92 Å². The number of sulfone groups is 1. The van der Waals surface area contributed by atoms with Crippen LogP contribution >= 0.6 is 0 Å². The van der Waals surface area contributed by atoms with Crippen LogP contribution in [-0.4, -0.2) is 81.0 Å². The smallest absolute Gasteiger partial charge is 0.225 e. The number of ether oxygens (including phenoxy) is 3. The second-order valence-corrected chi connectivity index (χ2v) is 11.2. The topological polar surface area (TPSA) is 111 Å². The molecule has 188 valence electrons. The van der Waals surface area contributed by atoms with Gasteiger partial charge in [-0.2, -0.15) is 0 Å². The van der Waals surface area contributed by atoms with E-state index in [-0.39, 0.29) is 23.0 Å². The summed E-state index contributed by atoms with van der Waals surface area (Å²) in [6.07, 6.45) is 6.55. The fraction of sp³-hybridized carbons (Fsp3) is 0.542. The third kappa shape index (κ3) is 5.06. The lowest BCUT2D eigenvalue weighted by Gasteiger charge is -2.31. The van der Waals surface area contributed by atoms with Gasteiger partial charge in [-0.25, -0.2) is 18.4 Å². The number of aromatic nitrogens is 2. The van der Waals surface area contributed by atoms with Crippen molar-refractivity contribution < 1.29 is 27.4 Å². The molecule has 1 unspecified atom stereocenters. The molecule has 11 heteroatoms. The highest BCUT2D eigenvalue weighted by Crippen LogP contribution is 2.38. The van der Waals surface area contributed by atoms with Gasteiger partial charge in [0.25, 0.3) is 0 Å². The average molecular weight is 503 g/mol. The number of carbonyl (C=O) groups is 1.